The van der Waals surface area contributed by atoms with Gasteiger partial charge < -0.3 is 14.8 Å². The van der Waals surface area contributed by atoms with Crippen molar-refractivity contribution in [1.82, 2.24) is 15.3 Å². The molecule has 3 aromatic rings. The molecule has 1 amide bonds. The summed E-state index contributed by atoms with van der Waals surface area (Å²) in [4.78, 5) is 22.0. The van der Waals surface area contributed by atoms with Crippen LogP contribution >= 0.6 is 0 Å². The molecule has 2 atom stereocenters. The number of hydrogen-bond donors (Lipinski definition) is 2. The molecule has 180 valence electrons. The van der Waals surface area contributed by atoms with E-state index in [9.17, 15) is 4.79 Å². The van der Waals surface area contributed by atoms with Crippen molar-refractivity contribution in [1.29, 1.82) is 0 Å². The number of benzene rings is 2. The largest absolute Gasteiger partial charge is 0.481 e. The number of ether oxygens (including phenoxy) is 2. The van der Waals surface area contributed by atoms with Crippen LogP contribution in [0.5, 0.6) is 5.88 Å². The summed E-state index contributed by atoms with van der Waals surface area (Å²) in [5.41, 5.74) is 3.87. The number of aliphatic imine (C=N–C) groups is 1. The number of anilines is 1. The molecule has 0 saturated carbocycles. The number of hydrazone groups is 1. The number of carbonyl (C=O) groups excluding carboxylic acids is 1. The average Bonchev–Trinajstić information content (AvgIpc) is 3.21. The molecule has 0 aliphatic carbocycles. The van der Waals surface area contributed by atoms with Gasteiger partial charge >= 0.3 is 0 Å². The summed E-state index contributed by atoms with van der Waals surface area (Å²) in [6.45, 7) is 4.00. The molecule has 9 heteroatoms. The number of amides is 1. The van der Waals surface area contributed by atoms with Crippen molar-refractivity contribution in [3.63, 3.8) is 0 Å². The van der Waals surface area contributed by atoms with Crippen LogP contribution < -0.4 is 15.4 Å². The molecule has 1 aromatic heterocycles. The number of benzodiazepines with no additional fused rings is 1. The number of pyridine rings is 1. The zero-order chi connectivity index (χ0) is 24.8. The van der Waals surface area contributed by atoms with E-state index in [1.165, 1.54) is 0 Å². The van der Waals surface area contributed by atoms with Crippen molar-refractivity contribution in [2.75, 3.05) is 19.5 Å². The average molecular weight is 473 g/mol. The maximum absolute atomic E-state index is 13.1. The van der Waals surface area contributed by atoms with Gasteiger partial charge in [-0.3, -0.25) is 9.79 Å². The number of aromatic nitrogens is 1. The Morgan fingerprint density at radius 2 is 1.74 bits per heavy atom. The second kappa shape index (κ2) is 10.8. The molecule has 0 saturated heterocycles. The standard InChI is InChI=1S/C24H22N6O3.C2H6/c1-30-24(33-23(29-30)16-12-13-19(32-2)25-14-16)28-21-22(31)26-18-11-7-6-10-17(18)20(27-21)15-8-4-3-5-9-15;1-2/h3-14,21,24,28H,1-2H3,(H,26,31);1-2H3. The Morgan fingerprint density at radius 3 is 2.46 bits per heavy atom. The molecule has 2 aliphatic heterocycles. The Hall–Kier alpha value is -4.24. The molecule has 2 aromatic carbocycles. The number of para-hydroxylation sites is 1. The lowest BCUT2D eigenvalue weighted by Crippen LogP contribution is -2.49. The van der Waals surface area contributed by atoms with E-state index in [-0.39, 0.29) is 5.91 Å². The fourth-order valence-electron chi connectivity index (χ4n) is 3.63. The van der Waals surface area contributed by atoms with Crippen molar-refractivity contribution in [2.24, 2.45) is 10.1 Å². The summed E-state index contributed by atoms with van der Waals surface area (Å²) in [6.07, 6.45) is 0.0255. The highest BCUT2D eigenvalue weighted by Crippen LogP contribution is 2.24. The van der Waals surface area contributed by atoms with E-state index < -0.39 is 12.5 Å². The Kier molecular flexibility index (Phi) is 7.37. The number of fused-ring (bicyclic) bond motifs is 1. The first-order valence-corrected chi connectivity index (χ1v) is 11.4. The summed E-state index contributed by atoms with van der Waals surface area (Å²) in [6, 6.07) is 20.9. The smallest absolute Gasteiger partial charge is 0.264 e. The van der Waals surface area contributed by atoms with Gasteiger partial charge in [-0.1, -0.05) is 62.4 Å². The van der Waals surface area contributed by atoms with Crippen LogP contribution in [-0.2, 0) is 9.53 Å². The summed E-state index contributed by atoms with van der Waals surface area (Å²) in [7, 11) is 3.31. The van der Waals surface area contributed by atoms with E-state index in [1.807, 2.05) is 74.5 Å². The van der Waals surface area contributed by atoms with Gasteiger partial charge in [0.1, 0.15) is 0 Å². The van der Waals surface area contributed by atoms with Crippen LogP contribution in [0.2, 0.25) is 0 Å². The van der Waals surface area contributed by atoms with Crippen LogP contribution in [-0.4, -0.2) is 54.2 Å². The molecule has 3 heterocycles. The quantitative estimate of drug-likeness (QED) is 0.590. The number of carbonyl (C=O) groups is 1. The number of hydrogen-bond acceptors (Lipinski definition) is 8. The van der Waals surface area contributed by atoms with Crippen molar-refractivity contribution in [3.8, 4) is 5.88 Å². The van der Waals surface area contributed by atoms with Gasteiger partial charge in [0.15, 0.2) is 6.17 Å². The second-order valence-electron chi connectivity index (χ2n) is 7.49. The number of rotatable bonds is 5. The molecule has 2 unspecified atom stereocenters. The summed E-state index contributed by atoms with van der Waals surface area (Å²) in [5, 5.41) is 12.2. The molecule has 2 N–H and O–H groups in total. The minimum absolute atomic E-state index is 0.287. The Labute approximate surface area is 204 Å². The predicted octanol–water partition coefficient (Wildman–Crippen LogP) is 3.43. The Morgan fingerprint density at radius 1 is 1.00 bits per heavy atom. The SMILES string of the molecule is CC.COc1ccc(C2=NN(C)C(NC3N=C(c4ccccc4)c4ccccc4NC3=O)O2)cn1. The van der Waals surface area contributed by atoms with Crippen LogP contribution in [0, 0.1) is 0 Å². The first-order chi connectivity index (χ1) is 17.1. The molecule has 0 spiro atoms. The van der Waals surface area contributed by atoms with E-state index in [0.717, 1.165) is 11.1 Å². The summed E-state index contributed by atoms with van der Waals surface area (Å²) < 4.78 is 11.1. The lowest BCUT2D eigenvalue weighted by Gasteiger charge is -2.22. The lowest BCUT2D eigenvalue weighted by atomic mass is 10.0. The minimum Gasteiger partial charge on any atom is -0.481 e. The zero-order valence-corrected chi connectivity index (χ0v) is 20.1. The molecule has 0 bridgehead atoms. The maximum atomic E-state index is 13.1. The van der Waals surface area contributed by atoms with Gasteiger partial charge in [-0.2, -0.15) is 0 Å². The number of nitrogens with zero attached hydrogens (tertiary/aromatic N) is 4. The topological polar surface area (TPSA) is 100 Å². The van der Waals surface area contributed by atoms with Crippen LogP contribution in [0.1, 0.15) is 30.5 Å². The van der Waals surface area contributed by atoms with Crippen molar-refractivity contribution in [2.45, 2.75) is 26.4 Å². The fourth-order valence-corrected chi connectivity index (χ4v) is 3.63. The van der Waals surface area contributed by atoms with Gasteiger partial charge in [0.2, 0.25) is 18.1 Å². The van der Waals surface area contributed by atoms with Gasteiger partial charge in [-0.05, 0) is 12.1 Å². The minimum atomic E-state index is -0.899. The normalized spacial score (nSPS) is 18.6. The molecular formula is C26H28N6O3. The van der Waals surface area contributed by atoms with E-state index in [4.69, 9.17) is 14.5 Å². The number of methoxy groups -OCH3 is 1. The third-order valence-electron chi connectivity index (χ3n) is 5.30. The van der Waals surface area contributed by atoms with Gasteiger partial charge in [0, 0.05) is 30.4 Å². The van der Waals surface area contributed by atoms with Gasteiger partial charge in [-0.25, -0.2) is 15.3 Å². The van der Waals surface area contributed by atoms with Gasteiger partial charge in [-0.15, -0.1) is 5.10 Å². The van der Waals surface area contributed by atoms with Gasteiger partial charge in [0.05, 0.1) is 24.1 Å². The highest BCUT2D eigenvalue weighted by molar-refractivity contribution is 6.19. The first kappa shape index (κ1) is 23.9. The first-order valence-electron chi connectivity index (χ1n) is 11.4. The molecule has 35 heavy (non-hydrogen) atoms. The molecule has 2 aliphatic rings. The van der Waals surface area contributed by atoms with E-state index in [2.05, 4.69) is 20.7 Å². The summed E-state index contributed by atoms with van der Waals surface area (Å²) in [5.74, 6) is 0.595. The highest BCUT2D eigenvalue weighted by Gasteiger charge is 2.33. The van der Waals surface area contributed by atoms with E-state index >= 15 is 0 Å². The third kappa shape index (κ3) is 5.15. The van der Waals surface area contributed by atoms with Crippen LogP contribution in [0.4, 0.5) is 5.69 Å². The van der Waals surface area contributed by atoms with E-state index in [0.29, 0.717) is 28.7 Å². The fraction of sp³-hybridized carbons (Fsp3) is 0.231. The van der Waals surface area contributed by atoms with E-state index in [1.54, 1.807) is 31.4 Å². The molecular weight excluding hydrogens is 444 g/mol. The lowest BCUT2D eigenvalue weighted by molar-refractivity contribution is -0.119. The highest BCUT2D eigenvalue weighted by atomic mass is 16.5. The van der Waals surface area contributed by atoms with Crippen LogP contribution in [0.15, 0.2) is 83.0 Å². The summed E-state index contributed by atoms with van der Waals surface area (Å²) >= 11 is 0. The third-order valence-corrected chi connectivity index (χ3v) is 5.30. The zero-order valence-electron chi connectivity index (χ0n) is 20.1. The second-order valence-corrected chi connectivity index (χ2v) is 7.49. The number of nitrogens with one attached hydrogen (secondary N) is 2. The Balaban J connectivity index is 0.00000141. The van der Waals surface area contributed by atoms with Crippen LogP contribution in [0.3, 0.4) is 0 Å². The van der Waals surface area contributed by atoms with Crippen LogP contribution in [0.25, 0.3) is 0 Å². The van der Waals surface area contributed by atoms with Crippen molar-refractivity contribution < 1.29 is 14.3 Å². The molecule has 5 rings (SSSR count). The molecule has 0 fully saturated rings. The van der Waals surface area contributed by atoms with Gasteiger partial charge in [0.25, 0.3) is 5.91 Å². The predicted molar refractivity (Wildman–Crippen MR) is 135 cm³/mol. The monoisotopic (exact) mass is 472 g/mol. The molecule has 9 nitrogen and oxygen atoms in total. The molecule has 0 radical (unpaired) electrons. The van der Waals surface area contributed by atoms with Crippen molar-refractivity contribution >= 4 is 23.2 Å². The maximum Gasteiger partial charge on any atom is 0.264 e. The van der Waals surface area contributed by atoms with Crippen molar-refractivity contribution in [3.05, 3.63) is 89.6 Å². The Bertz CT molecular complexity index is 1230.